The van der Waals surface area contributed by atoms with Crippen molar-refractivity contribution in [2.75, 3.05) is 0 Å². The van der Waals surface area contributed by atoms with Crippen molar-refractivity contribution in [2.24, 2.45) is 0 Å². The maximum absolute atomic E-state index is 13.6. The molecule has 0 heterocycles. The topological polar surface area (TPSA) is 34.1 Å². The molecule has 0 saturated carbocycles. The van der Waals surface area contributed by atoms with Crippen LogP contribution in [-0.4, -0.2) is 8.42 Å². The van der Waals surface area contributed by atoms with Crippen LogP contribution >= 0.6 is 10.7 Å². The molecule has 6 heteroatoms. The van der Waals surface area contributed by atoms with Gasteiger partial charge in [-0.3, -0.25) is 0 Å². The molecule has 0 bridgehead atoms. The molecule has 2 rings (SSSR count). The van der Waals surface area contributed by atoms with Gasteiger partial charge in [0.25, 0.3) is 9.05 Å². The van der Waals surface area contributed by atoms with Gasteiger partial charge in [0.15, 0.2) is 0 Å². The fourth-order valence-corrected chi connectivity index (χ4v) is 2.86. The highest BCUT2D eigenvalue weighted by atomic mass is 35.7. The zero-order valence-corrected chi connectivity index (χ0v) is 10.5. The van der Waals surface area contributed by atoms with Gasteiger partial charge in [-0.25, -0.2) is 17.2 Å². The summed E-state index contributed by atoms with van der Waals surface area (Å²) in [6.45, 7) is 0. The smallest absolute Gasteiger partial charge is 0.207 e. The Morgan fingerprint density at radius 2 is 1.67 bits per heavy atom. The van der Waals surface area contributed by atoms with E-state index < -0.39 is 25.6 Å². The van der Waals surface area contributed by atoms with E-state index in [1.54, 1.807) is 0 Å². The Morgan fingerprint density at radius 1 is 1.00 bits per heavy atom. The normalized spacial score (nSPS) is 11.5. The van der Waals surface area contributed by atoms with Gasteiger partial charge in [-0.2, -0.15) is 0 Å². The molecule has 2 aromatic rings. The largest absolute Gasteiger partial charge is 0.264 e. The monoisotopic (exact) mass is 288 g/mol. The summed E-state index contributed by atoms with van der Waals surface area (Å²) in [5.41, 5.74) is 0.276. The minimum atomic E-state index is -4.25. The Bertz CT molecular complexity index is 699. The Kier molecular flexibility index (Phi) is 3.36. The third kappa shape index (κ3) is 2.52. The van der Waals surface area contributed by atoms with E-state index in [1.807, 2.05) is 0 Å². The molecule has 0 N–H and O–H groups in total. The van der Waals surface area contributed by atoms with Crippen LogP contribution in [0.2, 0.25) is 0 Å². The van der Waals surface area contributed by atoms with Crippen LogP contribution in [0.25, 0.3) is 11.1 Å². The molecule has 0 aliphatic heterocycles. The van der Waals surface area contributed by atoms with Gasteiger partial charge in [0.05, 0.1) is 0 Å². The molecule has 0 radical (unpaired) electrons. The molecule has 0 amide bonds. The van der Waals surface area contributed by atoms with Gasteiger partial charge in [0.2, 0.25) is 0 Å². The van der Waals surface area contributed by atoms with Crippen LogP contribution in [0.1, 0.15) is 0 Å². The van der Waals surface area contributed by atoms with Crippen LogP contribution < -0.4 is 0 Å². The van der Waals surface area contributed by atoms with Crippen molar-refractivity contribution < 1.29 is 17.2 Å². The summed E-state index contributed by atoms with van der Waals surface area (Å²) in [5, 5.41) is 0. The number of benzene rings is 2. The molecule has 2 aromatic carbocycles. The maximum Gasteiger partial charge on any atom is 0.264 e. The summed E-state index contributed by atoms with van der Waals surface area (Å²) in [6, 6.07) is 8.88. The van der Waals surface area contributed by atoms with E-state index in [2.05, 4.69) is 0 Å². The van der Waals surface area contributed by atoms with E-state index in [9.17, 15) is 17.2 Å². The summed E-state index contributed by atoms with van der Waals surface area (Å²) in [4.78, 5) is -0.641. The minimum absolute atomic E-state index is 0.0319. The fraction of sp³-hybridized carbons (Fsp3) is 0. The SMILES string of the molecule is O=S(=O)(Cl)c1c(F)cccc1-c1cccc(F)c1. The lowest BCUT2D eigenvalue weighted by atomic mass is 10.1. The van der Waals surface area contributed by atoms with E-state index in [0.29, 0.717) is 0 Å². The molecule has 2 nitrogen and oxygen atoms in total. The quantitative estimate of drug-likeness (QED) is 0.792. The molecule has 0 unspecified atom stereocenters. The van der Waals surface area contributed by atoms with E-state index in [-0.39, 0.29) is 11.1 Å². The first kappa shape index (κ1) is 13.0. The lowest BCUT2D eigenvalue weighted by Gasteiger charge is -2.08. The van der Waals surface area contributed by atoms with Crippen LogP contribution in [-0.2, 0) is 9.05 Å². The molecule has 18 heavy (non-hydrogen) atoms. The maximum atomic E-state index is 13.6. The van der Waals surface area contributed by atoms with Crippen molar-refractivity contribution >= 4 is 19.7 Å². The molecule has 0 aliphatic carbocycles. The molecular weight excluding hydrogens is 282 g/mol. The second kappa shape index (κ2) is 4.66. The van der Waals surface area contributed by atoms with Crippen molar-refractivity contribution in [1.29, 1.82) is 0 Å². The summed E-state index contributed by atoms with van der Waals surface area (Å²) in [5.74, 6) is -1.51. The number of hydrogen-bond acceptors (Lipinski definition) is 2. The van der Waals surface area contributed by atoms with Crippen molar-refractivity contribution in [3.8, 4) is 11.1 Å². The average Bonchev–Trinajstić information content (AvgIpc) is 2.27. The average molecular weight is 289 g/mol. The highest BCUT2D eigenvalue weighted by Gasteiger charge is 2.21. The number of halogens is 3. The molecule has 0 aliphatic rings. The first-order valence-corrected chi connectivity index (χ1v) is 7.19. The Morgan fingerprint density at radius 3 is 2.28 bits per heavy atom. The molecular formula is C12H7ClF2O2S. The third-order valence-corrected chi connectivity index (χ3v) is 3.71. The summed E-state index contributed by atoms with van der Waals surface area (Å²) >= 11 is 0. The zero-order valence-electron chi connectivity index (χ0n) is 8.90. The van der Waals surface area contributed by atoms with Crippen molar-refractivity contribution in [3.05, 3.63) is 54.1 Å². The standard InChI is InChI=1S/C12H7ClF2O2S/c13-18(16,17)12-10(5-2-6-11(12)15)8-3-1-4-9(14)7-8/h1-7H. The zero-order chi connectivity index (χ0) is 13.3. The Hall–Kier alpha value is -1.46. The summed E-state index contributed by atoms with van der Waals surface area (Å²) in [7, 11) is 0.947. The van der Waals surface area contributed by atoms with Gasteiger partial charge >= 0.3 is 0 Å². The van der Waals surface area contributed by atoms with E-state index >= 15 is 0 Å². The van der Waals surface area contributed by atoms with Crippen LogP contribution in [0.3, 0.4) is 0 Å². The lowest BCUT2D eigenvalue weighted by molar-refractivity contribution is 0.576. The van der Waals surface area contributed by atoms with E-state index in [0.717, 1.165) is 12.1 Å². The van der Waals surface area contributed by atoms with Gasteiger partial charge in [0, 0.05) is 16.2 Å². The Balaban J connectivity index is 2.77. The number of rotatable bonds is 2. The first-order chi connectivity index (χ1) is 8.39. The predicted octanol–water partition coefficient (Wildman–Crippen LogP) is 3.56. The van der Waals surface area contributed by atoms with Crippen molar-refractivity contribution in [2.45, 2.75) is 4.90 Å². The molecule has 0 atom stereocenters. The lowest BCUT2D eigenvalue weighted by Crippen LogP contribution is -1.99. The van der Waals surface area contributed by atoms with Crippen molar-refractivity contribution in [1.82, 2.24) is 0 Å². The van der Waals surface area contributed by atoms with Crippen LogP contribution in [0.15, 0.2) is 47.4 Å². The molecule has 0 aromatic heterocycles. The first-order valence-electron chi connectivity index (χ1n) is 4.89. The summed E-state index contributed by atoms with van der Waals surface area (Å²) < 4.78 is 49.4. The predicted molar refractivity (Wildman–Crippen MR) is 64.8 cm³/mol. The van der Waals surface area contributed by atoms with E-state index in [4.69, 9.17) is 10.7 Å². The van der Waals surface area contributed by atoms with Gasteiger partial charge in [-0.05, 0) is 23.8 Å². The molecule has 0 spiro atoms. The Labute approximate surface area is 107 Å². The highest BCUT2D eigenvalue weighted by molar-refractivity contribution is 8.13. The van der Waals surface area contributed by atoms with Crippen molar-refractivity contribution in [3.63, 3.8) is 0 Å². The second-order valence-corrected chi connectivity index (χ2v) is 6.07. The summed E-state index contributed by atoms with van der Waals surface area (Å²) in [6.07, 6.45) is 0. The molecule has 94 valence electrons. The fourth-order valence-electron chi connectivity index (χ4n) is 1.64. The highest BCUT2D eigenvalue weighted by Crippen LogP contribution is 2.31. The van der Waals surface area contributed by atoms with Crippen LogP contribution in [0.4, 0.5) is 8.78 Å². The van der Waals surface area contributed by atoms with E-state index in [1.165, 1.54) is 30.3 Å². The van der Waals surface area contributed by atoms with Gasteiger partial charge in [-0.1, -0.05) is 24.3 Å². The van der Waals surface area contributed by atoms with Gasteiger partial charge < -0.3 is 0 Å². The van der Waals surface area contributed by atoms with Gasteiger partial charge in [0.1, 0.15) is 16.5 Å². The number of hydrogen-bond donors (Lipinski definition) is 0. The third-order valence-electron chi connectivity index (χ3n) is 2.35. The van der Waals surface area contributed by atoms with Crippen LogP contribution in [0, 0.1) is 11.6 Å². The second-order valence-electron chi connectivity index (χ2n) is 3.56. The van der Waals surface area contributed by atoms with Gasteiger partial charge in [-0.15, -0.1) is 0 Å². The van der Waals surface area contributed by atoms with Crippen LogP contribution in [0.5, 0.6) is 0 Å². The molecule has 0 fully saturated rings. The molecule has 0 saturated heterocycles. The minimum Gasteiger partial charge on any atom is -0.207 e.